The highest BCUT2D eigenvalue weighted by molar-refractivity contribution is 6.08. The van der Waals surface area contributed by atoms with E-state index in [0.717, 1.165) is 6.42 Å². The summed E-state index contributed by atoms with van der Waals surface area (Å²) in [6.45, 7) is 10.7. The average molecular weight is 466 g/mol. The van der Waals surface area contributed by atoms with E-state index in [4.69, 9.17) is 0 Å². The predicted octanol–water partition coefficient (Wildman–Crippen LogP) is 9.55. The smallest absolute Gasteiger partial charge is 0.0471 e. The fourth-order valence-corrected chi connectivity index (χ4v) is 5.94. The van der Waals surface area contributed by atoms with Gasteiger partial charge in [0.25, 0.3) is 0 Å². The monoisotopic (exact) mass is 465 g/mol. The Morgan fingerprint density at radius 2 is 1.72 bits per heavy atom. The summed E-state index contributed by atoms with van der Waals surface area (Å²) in [5.41, 5.74) is 12.9. The van der Waals surface area contributed by atoms with Crippen LogP contribution in [0.4, 0.5) is 0 Å². The molecule has 0 aliphatic heterocycles. The second-order valence-corrected chi connectivity index (χ2v) is 10.2. The molecule has 36 heavy (non-hydrogen) atoms. The van der Waals surface area contributed by atoms with Gasteiger partial charge in [0.15, 0.2) is 0 Å². The van der Waals surface area contributed by atoms with Crippen molar-refractivity contribution < 1.29 is 0 Å². The van der Waals surface area contributed by atoms with E-state index in [1.165, 1.54) is 66.4 Å². The molecule has 3 aromatic carbocycles. The number of H-pyrrole nitrogens is 1. The molecule has 0 saturated heterocycles. The first-order chi connectivity index (χ1) is 17.5. The van der Waals surface area contributed by atoms with Gasteiger partial charge in [0.05, 0.1) is 0 Å². The lowest BCUT2D eigenvalue weighted by Gasteiger charge is -2.22. The molecule has 1 heterocycles. The molecule has 1 aromatic heterocycles. The van der Waals surface area contributed by atoms with Crippen LogP contribution in [0.5, 0.6) is 0 Å². The molecule has 6 rings (SSSR count). The number of hydrogen-bond donors (Lipinski definition) is 1. The zero-order valence-corrected chi connectivity index (χ0v) is 21.2. The first kappa shape index (κ1) is 22.4. The number of benzene rings is 3. The van der Waals surface area contributed by atoms with Crippen LogP contribution >= 0.6 is 0 Å². The minimum absolute atomic E-state index is 0.0432. The van der Waals surface area contributed by atoms with Gasteiger partial charge in [0.2, 0.25) is 0 Å². The van der Waals surface area contributed by atoms with E-state index in [0.29, 0.717) is 0 Å². The van der Waals surface area contributed by atoms with E-state index < -0.39 is 0 Å². The molecule has 0 fully saturated rings. The molecule has 176 valence electrons. The Labute approximate surface area is 213 Å². The average Bonchev–Trinajstić information content (AvgIpc) is 3.21. The van der Waals surface area contributed by atoms with E-state index in [1.807, 2.05) is 6.08 Å². The summed E-state index contributed by atoms with van der Waals surface area (Å²) in [5.74, 6) is 0. The zero-order valence-electron chi connectivity index (χ0n) is 21.2. The maximum absolute atomic E-state index is 3.95. The van der Waals surface area contributed by atoms with Crippen LogP contribution in [-0.2, 0) is 5.41 Å². The lowest BCUT2D eigenvalue weighted by molar-refractivity contribution is 0.660. The Bertz CT molecular complexity index is 1690. The normalized spacial score (nSPS) is 19.0. The van der Waals surface area contributed by atoms with Crippen LogP contribution in [0.3, 0.4) is 0 Å². The van der Waals surface area contributed by atoms with Crippen molar-refractivity contribution >= 4 is 38.5 Å². The molecule has 0 spiro atoms. The van der Waals surface area contributed by atoms with Crippen molar-refractivity contribution in [3.8, 4) is 0 Å². The SMILES string of the molecule is C=C/C=C1\C(=C/C)c2ccc(C3=CC=CC(c4ccc5c(c4)[nH]c4ccccc45)=CC3)cc2C1(C)C. The molecule has 2 aliphatic carbocycles. The van der Waals surface area contributed by atoms with Gasteiger partial charge in [-0.3, -0.25) is 0 Å². The number of hydrogen-bond acceptors (Lipinski definition) is 0. The largest absolute Gasteiger partial charge is 0.354 e. The van der Waals surface area contributed by atoms with Gasteiger partial charge >= 0.3 is 0 Å². The van der Waals surface area contributed by atoms with E-state index in [1.54, 1.807) is 0 Å². The molecular formula is C35H31N. The van der Waals surface area contributed by atoms with Crippen LogP contribution in [0.25, 0.3) is 38.5 Å². The van der Waals surface area contributed by atoms with Crippen LogP contribution < -0.4 is 0 Å². The number of rotatable bonds is 3. The summed E-state index contributed by atoms with van der Waals surface area (Å²) in [5, 5.41) is 2.55. The lowest BCUT2D eigenvalue weighted by atomic mass is 9.81. The van der Waals surface area contributed by atoms with Gasteiger partial charge in [-0.1, -0.05) is 105 Å². The predicted molar refractivity (Wildman–Crippen MR) is 157 cm³/mol. The minimum Gasteiger partial charge on any atom is -0.354 e. The summed E-state index contributed by atoms with van der Waals surface area (Å²) >= 11 is 0. The van der Waals surface area contributed by atoms with E-state index >= 15 is 0 Å². The summed E-state index contributed by atoms with van der Waals surface area (Å²) in [6, 6.07) is 22.3. The summed E-state index contributed by atoms with van der Waals surface area (Å²) in [7, 11) is 0. The van der Waals surface area contributed by atoms with Crippen molar-refractivity contribution in [2.24, 2.45) is 0 Å². The van der Waals surface area contributed by atoms with E-state index in [9.17, 15) is 0 Å². The molecule has 0 bridgehead atoms. The number of aromatic amines is 1. The molecule has 2 aliphatic rings. The minimum atomic E-state index is -0.0432. The van der Waals surface area contributed by atoms with Gasteiger partial charge in [0.1, 0.15) is 0 Å². The number of fused-ring (bicyclic) bond motifs is 4. The second-order valence-electron chi connectivity index (χ2n) is 10.2. The Hall–Kier alpha value is -4.10. The number of nitrogens with one attached hydrogen (secondary N) is 1. The van der Waals surface area contributed by atoms with Crippen molar-refractivity contribution in [3.63, 3.8) is 0 Å². The fourth-order valence-electron chi connectivity index (χ4n) is 5.94. The quantitative estimate of drug-likeness (QED) is 0.310. The maximum atomic E-state index is 3.95. The van der Waals surface area contributed by atoms with Crippen molar-refractivity contribution in [2.45, 2.75) is 32.6 Å². The van der Waals surface area contributed by atoms with Crippen molar-refractivity contribution in [1.29, 1.82) is 0 Å². The highest BCUT2D eigenvalue weighted by Crippen LogP contribution is 2.50. The molecule has 1 N–H and O–H groups in total. The Balaban J connectivity index is 1.33. The number of para-hydroxylation sites is 1. The molecule has 0 radical (unpaired) electrons. The van der Waals surface area contributed by atoms with Gasteiger partial charge in [0, 0.05) is 27.2 Å². The highest BCUT2D eigenvalue weighted by Gasteiger charge is 2.37. The molecule has 0 atom stereocenters. The van der Waals surface area contributed by atoms with Gasteiger partial charge in [-0.25, -0.2) is 0 Å². The first-order valence-corrected chi connectivity index (χ1v) is 12.7. The molecule has 0 unspecified atom stereocenters. The summed E-state index contributed by atoms with van der Waals surface area (Å²) in [4.78, 5) is 3.58. The van der Waals surface area contributed by atoms with Crippen LogP contribution in [-0.4, -0.2) is 4.98 Å². The van der Waals surface area contributed by atoms with E-state index in [2.05, 4.69) is 129 Å². The number of aromatic nitrogens is 1. The number of allylic oxidation sites excluding steroid dienone is 11. The van der Waals surface area contributed by atoms with Gasteiger partial charge in [-0.15, -0.1) is 0 Å². The van der Waals surface area contributed by atoms with Crippen molar-refractivity contribution in [2.75, 3.05) is 0 Å². The fraction of sp³-hybridized carbons (Fsp3) is 0.143. The molecular weight excluding hydrogens is 434 g/mol. The second kappa shape index (κ2) is 8.53. The Kier molecular flexibility index (Phi) is 5.30. The van der Waals surface area contributed by atoms with E-state index in [-0.39, 0.29) is 5.41 Å². The third-order valence-corrected chi connectivity index (χ3v) is 7.85. The topological polar surface area (TPSA) is 15.8 Å². The van der Waals surface area contributed by atoms with Gasteiger partial charge in [-0.2, -0.15) is 0 Å². The highest BCUT2D eigenvalue weighted by atomic mass is 14.7. The lowest BCUT2D eigenvalue weighted by Crippen LogP contribution is -2.15. The standard InChI is InChI=1S/C35H31N/c1-5-10-31-27(6-2)28-19-17-25(21-32(28)35(31,3)4)23-11-9-12-24(16-15-23)26-18-20-30-29-13-7-8-14-33(29)36-34(30)22-26/h5-14,16-22,36H,1,15H2,2-4H3/b27-6-,31-10+. The van der Waals surface area contributed by atoms with Crippen LogP contribution in [0.1, 0.15) is 49.4 Å². The van der Waals surface area contributed by atoms with Gasteiger partial charge in [-0.05, 0) is 76.1 Å². The van der Waals surface area contributed by atoms with Crippen LogP contribution in [0.15, 0.2) is 115 Å². The third kappa shape index (κ3) is 3.46. The maximum Gasteiger partial charge on any atom is 0.0471 e. The van der Waals surface area contributed by atoms with Crippen LogP contribution in [0.2, 0.25) is 0 Å². The zero-order chi connectivity index (χ0) is 24.9. The first-order valence-electron chi connectivity index (χ1n) is 12.7. The molecule has 0 saturated carbocycles. The molecule has 1 heteroatoms. The van der Waals surface area contributed by atoms with Crippen LogP contribution in [0, 0.1) is 0 Å². The Morgan fingerprint density at radius 3 is 2.56 bits per heavy atom. The third-order valence-electron chi connectivity index (χ3n) is 7.85. The van der Waals surface area contributed by atoms with Crippen molar-refractivity contribution in [1.82, 2.24) is 4.98 Å². The molecule has 1 nitrogen and oxygen atoms in total. The Morgan fingerprint density at radius 1 is 0.917 bits per heavy atom. The molecule has 4 aromatic rings. The van der Waals surface area contributed by atoms with Crippen molar-refractivity contribution in [3.05, 3.63) is 138 Å². The summed E-state index contributed by atoms with van der Waals surface area (Å²) in [6.07, 6.45) is 16.3. The molecule has 0 amide bonds. The summed E-state index contributed by atoms with van der Waals surface area (Å²) < 4.78 is 0. The van der Waals surface area contributed by atoms with Gasteiger partial charge < -0.3 is 4.98 Å².